The Hall–Kier alpha value is -0.910. The van der Waals surface area contributed by atoms with Gasteiger partial charge in [-0.05, 0) is 6.92 Å². The van der Waals surface area contributed by atoms with Crippen molar-refractivity contribution in [2.24, 2.45) is 7.05 Å². The summed E-state index contributed by atoms with van der Waals surface area (Å²) in [5.74, 6) is 0.196. The summed E-state index contributed by atoms with van der Waals surface area (Å²) in [6.07, 6.45) is 0.361. The minimum absolute atomic E-state index is 0.196. The molecule has 100 valence electrons. The summed E-state index contributed by atoms with van der Waals surface area (Å²) < 4.78 is 1.70. The predicted octanol–water partition coefficient (Wildman–Crippen LogP) is 0.399. The largest absolute Gasteiger partial charge is 0.314 e. The number of aromatic nitrogens is 2. The number of ketones is 1. The monoisotopic (exact) mass is 270 g/mol. The molecule has 0 saturated carbocycles. The molecule has 0 bridgehead atoms. The van der Waals surface area contributed by atoms with Gasteiger partial charge in [0.05, 0.1) is 29.4 Å². The van der Waals surface area contributed by atoms with Crippen LogP contribution in [0.2, 0.25) is 5.02 Å². The number of hydrogen-bond acceptors (Lipinski definition) is 4. The van der Waals surface area contributed by atoms with Gasteiger partial charge in [0.25, 0.3) is 0 Å². The molecule has 0 spiro atoms. The number of halogens is 1. The lowest BCUT2D eigenvalue weighted by Gasteiger charge is -2.26. The highest BCUT2D eigenvalue weighted by Gasteiger charge is 2.18. The maximum Gasteiger partial charge on any atom is 0.152 e. The standard InChI is InChI=1S/C12H19ClN4O/c1-9-12(13)11(16(2)15-9)7-10(18)8-17-5-3-14-4-6-17/h14H,3-8H2,1-2H3. The lowest BCUT2D eigenvalue weighted by atomic mass is 10.2. The van der Waals surface area contributed by atoms with Gasteiger partial charge in [-0.15, -0.1) is 0 Å². The zero-order valence-electron chi connectivity index (χ0n) is 10.9. The first-order valence-corrected chi connectivity index (χ1v) is 6.58. The van der Waals surface area contributed by atoms with Crippen molar-refractivity contribution in [1.29, 1.82) is 0 Å². The van der Waals surface area contributed by atoms with E-state index in [2.05, 4.69) is 15.3 Å². The lowest BCUT2D eigenvalue weighted by molar-refractivity contribution is -0.119. The van der Waals surface area contributed by atoms with Gasteiger partial charge < -0.3 is 5.32 Å². The molecule has 0 aromatic carbocycles. The van der Waals surface area contributed by atoms with Crippen LogP contribution in [0.5, 0.6) is 0 Å². The quantitative estimate of drug-likeness (QED) is 0.861. The van der Waals surface area contributed by atoms with E-state index in [1.807, 2.05) is 14.0 Å². The van der Waals surface area contributed by atoms with Gasteiger partial charge in [0.1, 0.15) is 0 Å². The number of carbonyl (C=O) groups excluding carboxylic acids is 1. The van der Waals surface area contributed by atoms with Crippen molar-refractivity contribution in [3.05, 3.63) is 16.4 Å². The van der Waals surface area contributed by atoms with Crippen LogP contribution in [0.4, 0.5) is 0 Å². The van der Waals surface area contributed by atoms with Crippen molar-refractivity contribution < 1.29 is 4.79 Å². The summed E-state index contributed by atoms with van der Waals surface area (Å²) in [6, 6.07) is 0. The van der Waals surface area contributed by atoms with Gasteiger partial charge in [-0.2, -0.15) is 5.10 Å². The zero-order chi connectivity index (χ0) is 13.1. The van der Waals surface area contributed by atoms with Crippen LogP contribution in [-0.4, -0.2) is 53.2 Å². The van der Waals surface area contributed by atoms with Crippen LogP contribution in [0, 0.1) is 6.92 Å². The maximum absolute atomic E-state index is 12.0. The number of carbonyl (C=O) groups is 1. The fraction of sp³-hybridized carbons (Fsp3) is 0.667. The van der Waals surface area contributed by atoms with Crippen LogP contribution < -0.4 is 5.32 Å². The van der Waals surface area contributed by atoms with Crippen LogP contribution in [-0.2, 0) is 18.3 Å². The molecule has 0 radical (unpaired) electrons. The van der Waals surface area contributed by atoms with E-state index in [0.717, 1.165) is 37.6 Å². The Morgan fingerprint density at radius 2 is 2.11 bits per heavy atom. The summed E-state index contributed by atoms with van der Waals surface area (Å²) in [5, 5.41) is 8.11. The van der Waals surface area contributed by atoms with E-state index in [4.69, 9.17) is 11.6 Å². The number of hydrogen-bond donors (Lipinski definition) is 1. The molecule has 1 fully saturated rings. The van der Waals surface area contributed by atoms with E-state index >= 15 is 0 Å². The average Bonchev–Trinajstić information content (AvgIpc) is 2.57. The van der Waals surface area contributed by atoms with Crippen LogP contribution in [0.25, 0.3) is 0 Å². The fourth-order valence-electron chi connectivity index (χ4n) is 2.23. The van der Waals surface area contributed by atoms with Crippen molar-refractivity contribution in [1.82, 2.24) is 20.0 Å². The number of aryl methyl sites for hydroxylation is 2. The van der Waals surface area contributed by atoms with Gasteiger partial charge in [0.15, 0.2) is 5.78 Å². The second kappa shape index (κ2) is 5.82. The average molecular weight is 271 g/mol. The molecule has 0 aliphatic carbocycles. The first-order chi connectivity index (χ1) is 8.58. The Kier molecular flexibility index (Phi) is 4.37. The molecule has 2 rings (SSSR count). The summed E-state index contributed by atoms with van der Waals surface area (Å²) in [4.78, 5) is 14.2. The normalized spacial score (nSPS) is 17.1. The fourth-order valence-corrected chi connectivity index (χ4v) is 2.46. The summed E-state index contributed by atoms with van der Waals surface area (Å²) in [5.41, 5.74) is 1.60. The van der Waals surface area contributed by atoms with Crippen molar-refractivity contribution in [2.45, 2.75) is 13.3 Å². The second-order valence-corrected chi connectivity index (χ2v) is 5.09. The van der Waals surface area contributed by atoms with Gasteiger partial charge in [-0.3, -0.25) is 14.4 Å². The highest BCUT2D eigenvalue weighted by atomic mass is 35.5. The predicted molar refractivity (Wildman–Crippen MR) is 71.0 cm³/mol. The van der Waals surface area contributed by atoms with Crippen LogP contribution >= 0.6 is 11.6 Å². The van der Waals surface area contributed by atoms with Gasteiger partial charge >= 0.3 is 0 Å². The molecule has 1 aromatic rings. The molecule has 0 unspecified atom stereocenters. The molecule has 6 heteroatoms. The van der Waals surface area contributed by atoms with Gasteiger partial charge in [0, 0.05) is 33.2 Å². The van der Waals surface area contributed by atoms with E-state index in [0.29, 0.717) is 18.0 Å². The van der Waals surface area contributed by atoms with E-state index < -0.39 is 0 Å². The van der Waals surface area contributed by atoms with Crippen LogP contribution in [0.1, 0.15) is 11.4 Å². The molecule has 1 aromatic heterocycles. The van der Waals surface area contributed by atoms with Crippen molar-refractivity contribution >= 4 is 17.4 Å². The lowest BCUT2D eigenvalue weighted by Crippen LogP contribution is -2.45. The summed E-state index contributed by atoms with van der Waals surface area (Å²) in [7, 11) is 1.83. The van der Waals surface area contributed by atoms with Gasteiger partial charge in [0.2, 0.25) is 0 Å². The Morgan fingerprint density at radius 1 is 1.44 bits per heavy atom. The minimum atomic E-state index is 0.196. The van der Waals surface area contributed by atoms with Crippen molar-refractivity contribution in [2.75, 3.05) is 32.7 Å². The van der Waals surface area contributed by atoms with E-state index in [9.17, 15) is 4.79 Å². The number of nitrogens with one attached hydrogen (secondary N) is 1. The molecule has 18 heavy (non-hydrogen) atoms. The zero-order valence-corrected chi connectivity index (χ0v) is 11.6. The van der Waals surface area contributed by atoms with E-state index in [1.165, 1.54) is 0 Å². The molecule has 5 nitrogen and oxygen atoms in total. The maximum atomic E-state index is 12.0. The second-order valence-electron chi connectivity index (χ2n) is 4.71. The Bertz CT molecular complexity index is 438. The van der Waals surface area contributed by atoms with Crippen LogP contribution in [0.15, 0.2) is 0 Å². The molecule has 0 atom stereocenters. The minimum Gasteiger partial charge on any atom is -0.314 e. The third-order valence-corrected chi connectivity index (χ3v) is 3.73. The first kappa shape index (κ1) is 13.5. The topological polar surface area (TPSA) is 50.2 Å². The van der Waals surface area contributed by atoms with E-state index in [-0.39, 0.29) is 5.78 Å². The smallest absolute Gasteiger partial charge is 0.152 e. The Labute approximate surface area is 112 Å². The SMILES string of the molecule is Cc1nn(C)c(CC(=O)CN2CCNCC2)c1Cl. The number of rotatable bonds is 4. The van der Waals surface area contributed by atoms with E-state index in [1.54, 1.807) is 4.68 Å². The summed E-state index contributed by atoms with van der Waals surface area (Å²) in [6.45, 7) is 6.14. The third-order valence-electron chi connectivity index (χ3n) is 3.24. The summed E-state index contributed by atoms with van der Waals surface area (Å²) >= 11 is 6.14. The van der Waals surface area contributed by atoms with Crippen LogP contribution in [0.3, 0.4) is 0 Å². The third kappa shape index (κ3) is 3.10. The van der Waals surface area contributed by atoms with Crippen molar-refractivity contribution in [3.8, 4) is 0 Å². The van der Waals surface area contributed by atoms with Crippen molar-refractivity contribution in [3.63, 3.8) is 0 Å². The molecule has 1 saturated heterocycles. The Morgan fingerprint density at radius 3 is 2.67 bits per heavy atom. The molecule has 1 aliphatic heterocycles. The van der Waals surface area contributed by atoms with Gasteiger partial charge in [-0.25, -0.2) is 0 Å². The van der Waals surface area contributed by atoms with Gasteiger partial charge in [-0.1, -0.05) is 11.6 Å². The number of piperazine rings is 1. The first-order valence-electron chi connectivity index (χ1n) is 6.20. The number of Topliss-reactive ketones (excluding diaryl/α,β-unsaturated/α-hetero) is 1. The molecule has 1 aliphatic rings. The highest BCUT2D eigenvalue weighted by Crippen LogP contribution is 2.19. The molecular formula is C12H19ClN4O. The number of nitrogens with zero attached hydrogens (tertiary/aromatic N) is 3. The molecule has 1 N–H and O–H groups in total. The Balaban J connectivity index is 1.94. The highest BCUT2D eigenvalue weighted by molar-refractivity contribution is 6.32. The molecule has 2 heterocycles. The molecule has 0 amide bonds. The molecular weight excluding hydrogens is 252 g/mol.